The summed E-state index contributed by atoms with van der Waals surface area (Å²) in [6.45, 7) is 0. The molecule has 0 spiro atoms. The molecule has 4 nitrogen and oxygen atoms in total. The van der Waals surface area contributed by atoms with Gasteiger partial charge in [-0.15, -0.1) is 11.8 Å². The van der Waals surface area contributed by atoms with Crippen LogP contribution in [0.1, 0.15) is 5.56 Å². The van der Waals surface area contributed by atoms with E-state index < -0.39 is 11.7 Å². The summed E-state index contributed by atoms with van der Waals surface area (Å²) < 4.78 is 48.3. The minimum Gasteiger partial charge on any atom is -0.497 e. The second kappa shape index (κ2) is 8.15. The van der Waals surface area contributed by atoms with Crippen LogP contribution < -0.4 is 14.8 Å². The molecule has 0 aliphatic heterocycles. The Hall–Kier alpha value is -2.35. The van der Waals surface area contributed by atoms with Crippen LogP contribution in [-0.4, -0.2) is 25.9 Å². The summed E-state index contributed by atoms with van der Waals surface area (Å²) >= 11 is 1.02. The normalized spacial score (nSPS) is 11.1. The molecule has 0 saturated carbocycles. The molecule has 0 fully saturated rings. The van der Waals surface area contributed by atoms with Crippen molar-refractivity contribution >= 4 is 23.4 Å². The zero-order valence-electron chi connectivity index (χ0n) is 13.5. The molecular weight excluding hydrogens is 355 g/mol. The number of nitrogens with one attached hydrogen (secondary N) is 1. The van der Waals surface area contributed by atoms with E-state index in [1.807, 2.05) is 0 Å². The van der Waals surface area contributed by atoms with Crippen molar-refractivity contribution in [3.8, 4) is 11.5 Å². The van der Waals surface area contributed by atoms with E-state index in [0.717, 1.165) is 23.9 Å². The number of methoxy groups -OCH3 is 2. The lowest BCUT2D eigenvalue weighted by Gasteiger charge is -2.12. The van der Waals surface area contributed by atoms with Crippen molar-refractivity contribution < 1.29 is 27.4 Å². The summed E-state index contributed by atoms with van der Waals surface area (Å²) in [6.07, 6.45) is -4.41. The first kappa shape index (κ1) is 19.0. The first-order valence-corrected chi connectivity index (χ1v) is 8.14. The number of benzene rings is 2. The molecule has 0 heterocycles. The van der Waals surface area contributed by atoms with Gasteiger partial charge in [-0.25, -0.2) is 0 Å². The maximum absolute atomic E-state index is 12.7. The maximum Gasteiger partial charge on any atom is 0.416 e. The predicted molar refractivity (Wildman–Crippen MR) is 90.3 cm³/mol. The number of carbonyl (C=O) groups excluding carboxylic acids is 1. The molecule has 0 aromatic heterocycles. The quantitative estimate of drug-likeness (QED) is 0.762. The number of rotatable bonds is 6. The minimum absolute atomic E-state index is 0.0313. The number of ether oxygens (including phenoxy) is 2. The van der Waals surface area contributed by atoms with Crippen molar-refractivity contribution in [3.63, 3.8) is 0 Å². The van der Waals surface area contributed by atoms with Gasteiger partial charge >= 0.3 is 6.18 Å². The number of thioether (sulfide) groups is 1. The molecule has 1 amide bonds. The van der Waals surface area contributed by atoms with Gasteiger partial charge in [0, 0.05) is 11.0 Å². The highest BCUT2D eigenvalue weighted by Crippen LogP contribution is 2.32. The van der Waals surface area contributed by atoms with Gasteiger partial charge in [-0.05, 0) is 30.3 Å². The fourth-order valence-corrected chi connectivity index (χ4v) is 2.75. The summed E-state index contributed by atoms with van der Waals surface area (Å²) in [5.41, 5.74) is -0.285. The van der Waals surface area contributed by atoms with E-state index in [9.17, 15) is 18.0 Å². The molecule has 0 saturated heterocycles. The molecule has 0 atom stereocenters. The van der Waals surface area contributed by atoms with Gasteiger partial charge in [-0.3, -0.25) is 4.79 Å². The number of amides is 1. The van der Waals surface area contributed by atoms with E-state index in [-0.39, 0.29) is 11.7 Å². The highest BCUT2D eigenvalue weighted by molar-refractivity contribution is 8.00. The van der Waals surface area contributed by atoms with Crippen LogP contribution in [0.5, 0.6) is 11.5 Å². The molecule has 0 unspecified atom stereocenters. The third kappa shape index (κ3) is 5.32. The van der Waals surface area contributed by atoms with Crippen molar-refractivity contribution in [2.75, 3.05) is 25.3 Å². The SMILES string of the molecule is COc1ccc(NC(=O)CSc2cccc(C(F)(F)F)c2)c(OC)c1. The molecule has 1 N–H and O–H groups in total. The zero-order valence-corrected chi connectivity index (χ0v) is 14.3. The maximum atomic E-state index is 12.7. The molecular formula is C17H16F3NO3S. The first-order valence-electron chi connectivity index (χ1n) is 7.15. The molecule has 2 aromatic rings. The van der Waals surface area contributed by atoms with Crippen LogP contribution in [-0.2, 0) is 11.0 Å². The van der Waals surface area contributed by atoms with E-state index in [1.165, 1.54) is 26.4 Å². The molecule has 0 aliphatic rings. The molecule has 2 rings (SSSR count). The molecule has 134 valence electrons. The highest BCUT2D eigenvalue weighted by atomic mass is 32.2. The van der Waals surface area contributed by atoms with Crippen LogP contribution in [0.4, 0.5) is 18.9 Å². The second-order valence-corrected chi connectivity index (χ2v) is 5.98. The van der Waals surface area contributed by atoms with E-state index in [4.69, 9.17) is 9.47 Å². The minimum atomic E-state index is -4.41. The number of halogens is 3. The van der Waals surface area contributed by atoms with Crippen molar-refractivity contribution in [2.45, 2.75) is 11.1 Å². The van der Waals surface area contributed by atoms with Gasteiger partial charge < -0.3 is 14.8 Å². The summed E-state index contributed by atoms with van der Waals surface area (Å²) in [7, 11) is 2.97. The van der Waals surface area contributed by atoms with Crippen molar-refractivity contribution in [3.05, 3.63) is 48.0 Å². The average Bonchev–Trinajstić information content (AvgIpc) is 2.60. The van der Waals surface area contributed by atoms with Gasteiger partial charge in [0.15, 0.2) is 0 Å². The van der Waals surface area contributed by atoms with E-state index in [0.29, 0.717) is 22.1 Å². The van der Waals surface area contributed by atoms with Gasteiger partial charge in [0.05, 0.1) is 31.2 Å². The van der Waals surface area contributed by atoms with Crippen molar-refractivity contribution in [1.29, 1.82) is 0 Å². The Morgan fingerprint density at radius 3 is 2.52 bits per heavy atom. The highest BCUT2D eigenvalue weighted by Gasteiger charge is 2.30. The summed E-state index contributed by atoms with van der Waals surface area (Å²) in [5, 5.41) is 2.67. The lowest BCUT2D eigenvalue weighted by Crippen LogP contribution is -2.14. The second-order valence-electron chi connectivity index (χ2n) is 4.93. The number of carbonyl (C=O) groups is 1. The Labute approximate surface area is 147 Å². The fraction of sp³-hybridized carbons (Fsp3) is 0.235. The molecule has 8 heteroatoms. The molecule has 0 bridgehead atoms. The zero-order chi connectivity index (χ0) is 18.4. The third-order valence-corrected chi connectivity index (χ3v) is 4.21. The van der Waals surface area contributed by atoms with Crippen LogP contribution in [0.2, 0.25) is 0 Å². The number of alkyl halides is 3. The summed E-state index contributed by atoms with van der Waals surface area (Å²) in [5.74, 6) is 0.618. The average molecular weight is 371 g/mol. The Morgan fingerprint density at radius 2 is 1.88 bits per heavy atom. The Balaban J connectivity index is 2.00. The standard InChI is InChI=1S/C17H16F3NO3S/c1-23-12-6-7-14(15(9-12)24-2)21-16(22)10-25-13-5-3-4-11(8-13)17(18,19)20/h3-9H,10H2,1-2H3,(H,21,22). The topological polar surface area (TPSA) is 47.6 Å². The Kier molecular flexibility index (Phi) is 6.19. The number of anilines is 1. The molecule has 25 heavy (non-hydrogen) atoms. The van der Waals surface area contributed by atoms with E-state index >= 15 is 0 Å². The van der Waals surface area contributed by atoms with E-state index in [2.05, 4.69) is 5.32 Å². The predicted octanol–water partition coefficient (Wildman–Crippen LogP) is 4.45. The van der Waals surface area contributed by atoms with E-state index in [1.54, 1.807) is 18.2 Å². The summed E-state index contributed by atoms with van der Waals surface area (Å²) in [6, 6.07) is 9.77. The van der Waals surface area contributed by atoms with Crippen LogP contribution in [0, 0.1) is 0 Å². The van der Waals surface area contributed by atoms with Gasteiger partial charge in [0.2, 0.25) is 5.91 Å². The number of hydrogen-bond acceptors (Lipinski definition) is 4. The smallest absolute Gasteiger partial charge is 0.416 e. The monoisotopic (exact) mass is 371 g/mol. The third-order valence-electron chi connectivity index (χ3n) is 3.21. The number of hydrogen-bond donors (Lipinski definition) is 1. The lowest BCUT2D eigenvalue weighted by molar-refractivity contribution is -0.137. The van der Waals surface area contributed by atoms with Crippen molar-refractivity contribution in [2.24, 2.45) is 0 Å². The van der Waals surface area contributed by atoms with Gasteiger partial charge in [-0.1, -0.05) is 6.07 Å². The summed E-state index contributed by atoms with van der Waals surface area (Å²) in [4.78, 5) is 12.4. The van der Waals surface area contributed by atoms with Gasteiger partial charge in [0.25, 0.3) is 0 Å². The van der Waals surface area contributed by atoms with Crippen LogP contribution in [0.25, 0.3) is 0 Å². The Morgan fingerprint density at radius 1 is 1.12 bits per heavy atom. The molecule has 2 aromatic carbocycles. The fourth-order valence-electron chi connectivity index (χ4n) is 2.00. The van der Waals surface area contributed by atoms with Crippen LogP contribution in [0.15, 0.2) is 47.4 Å². The molecule has 0 aliphatic carbocycles. The van der Waals surface area contributed by atoms with Gasteiger partial charge in [-0.2, -0.15) is 13.2 Å². The van der Waals surface area contributed by atoms with Crippen LogP contribution in [0.3, 0.4) is 0 Å². The molecule has 0 radical (unpaired) electrons. The lowest BCUT2D eigenvalue weighted by atomic mass is 10.2. The largest absolute Gasteiger partial charge is 0.497 e. The Bertz CT molecular complexity index is 750. The van der Waals surface area contributed by atoms with Crippen LogP contribution >= 0.6 is 11.8 Å². The first-order chi connectivity index (χ1) is 11.8. The van der Waals surface area contributed by atoms with Gasteiger partial charge in [0.1, 0.15) is 11.5 Å². The van der Waals surface area contributed by atoms with Crippen molar-refractivity contribution in [1.82, 2.24) is 0 Å².